The quantitative estimate of drug-likeness (QED) is 0.591. The van der Waals surface area contributed by atoms with Crippen LogP contribution in [0.5, 0.6) is 11.5 Å². The topological polar surface area (TPSA) is 35.5 Å². The maximum Gasteiger partial charge on any atom is 0.172 e. The van der Waals surface area contributed by atoms with Crippen molar-refractivity contribution in [3.63, 3.8) is 0 Å². The molecule has 3 heteroatoms. The minimum atomic E-state index is 0.0409. The summed E-state index contributed by atoms with van der Waals surface area (Å²) in [4.78, 5) is 12.1. The number of ketones is 1. The molecule has 0 spiro atoms. The van der Waals surface area contributed by atoms with Crippen LogP contribution in [-0.4, -0.2) is 19.0 Å². The van der Waals surface area contributed by atoms with Crippen molar-refractivity contribution in [2.75, 3.05) is 13.2 Å². The average Bonchev–Trinajstić information content (AvgIpc) is 2.37. The molecular weight excluding hydrogens is 216 g/mol. The second-order valence-corrected chi connectivity index (χ2v) is 4.03. The lowest BCUT2D eigenvalue weighted by atomic mass is 10.0. The Labute approximate surface area is 101 Å². The van der Waals surface area contributed by atoms with Crippen LogP contribution in [-0.2, 0) is 0 Å². The first kappa shape index (κ1) is 11.7. The standard InChI is InChI=1S/C14H16O3/c1-3-10(2)9-12(15)11-5-4-6-13-14(11)17-8-7-16-13/h4-6H,2-3,7-9H2,1H3. The van der Waals surface area contributed by atoms with Crippen molar-refractivity contribution in [1.82, 2.24) is 0 Å². The molecule has 0 bridgehead atoms. The summed E-state index contributed by atoms with van der Waals surface area (Å²) >= 11 is 0. The lowest BCUT2D eigenvalue weighted by Crippen LogP contribution is -2.17. The van der Waals surface area contributed by atoms with Gasteiger partial charge in [-0.2, -0.15) is 0 Å². The Bertz CT molecular complexity index is 449. The van der Waals surface area contributed by atoms with Gasteiger partial charge in [0.2, 0.25) is 0 Å². The van der Waals surface area contributed by atoms with Gasteiger partial charge in [-0.25, -0.2) is 0 Å². The zero-order chi connectivity index (χ0) is 12.3. The third-order valence-corrected chi connectivity index (χ3v) is 2.78. The van der Waals surface area contributed by atoms with Crippen LogP contribution in [0.1, 0.15) is 30.1 Å². The molecule has 1 aliphatic heterocycles. The zero-order valence-electron chi connectivity index (χ0n) is 9.99. The Hall–Kier alpha value is -1.77. The van der Waals surface area contributed by atoms with Gasteiger partial charge in [-0.05, 0) is 18.6 Å². The van der Waals surface area contributed by atoms with Crippen molar-refractivity contribution in [2.24, 2.45) is 0 Å². The summed E-state index contributed by atoms with van der Waals surface area (Å²) in [6.45, 7) is 6.88. The predicted molar refractivity (Wildman–Crippen MR) is 65.8 cm³/mol. The number of hydrogen-bond acceptors (Lipinski definition) is 3. The highest BCUT2D eigenvalue weighted by atomic mass is 16.6. The molecule has 0 aromatic heterocycles. The van der Waals surface area contributed by atoms with Crippen LogP contribution in [0.3, 0.4) is 0 Å². The third-order valence-electron chi connectivity index (χ3n) is 2.78. The van der Waals surface area contributed by atoms with Crippen LogP contribution < -0.4 is 9.47 Å². The maximum absolute atomic E-state index is 12.1. The number of rotatable bonds is 4. The number of para-hydroxylation sites is 1. The highest BCUT2D eigenvalue weighted by Crippen LogP contribution is 2.34. The van der Waals surface area contributed by atoms with Crippen molar-refractivity contribution < 1.29 is 14.3 Å². The highest BCUT2D eigenvalue weighted by molar-refractivity contribution is 6.00. The van der Waals surface area contributed by atoms with Crippen LogP contribution >= 0.6 is 0 Å². The summed E-state index contributed by atoms with van der Waals surface area (Å²) in [5.41, 5.74) is 1.53. The van der Waals surface area contributed by atoms with Gasteiger partial charge in [0.15, 0.2) is 17.3 Å². The predicted octanol–water partition coefficient (Wildman–Crippen LogP) is 3.00. The second-order valence-electron chi connectivity index (χ2n) is 4.03. The molecule has 90 valence electrons. The van der Waals surface area contributed by atoms with E-state index in [0.717, 1.165) is 12.0 Å². The number of Topliss-reactive ketones (excluding diaryl/α,β-unsaturated/α-hetero) is 1. The number of hydrogen-bond donors (Lipinski definition) is 0. The van der Waals surface area contributed by atoms with Crippen molar-refractivity contribution >= 4 is 5.78 Å². The maximum atomic E-state index is 12.1. The molecule has 1 aromatic carbocycles. The van der Waals surface area contributed by atoms with E-state index in [4.69, 9.17) is 9.47 Å². The van der Waals surface area contributed by atoms with Crippen LogP contribution in [0.4, 0.5) is 0 Å². The summed E-state index contributed by atoms with van der Waals surface area (Å²) in [6, 6.07) is 5.41. The van der Waals surface area contributed by atoms with Crippen LogP contribution in [0.15, 0.2) is 30.4 Å². The van der Waals surface area contributed by atoms with Gasteiger partial charge in [0.1, 0.15) is 13.2 Å². The Morgan fingerprint density at radius 1 is 1.35 bits per heavy atom. The van der Waals surface area contributed by atoms with E-state index in [1.165, 1.54) is 0 Å². The minimum Gasteiger partial charge on any atom is -0.486 e. The fraction of sp³-hybridized carbons (Fsp3) is 0.357. The molecule has 17 heavy (non-hydrogen) atoms. The van der Waals surface area contributed by atoms with E-state index < -0.39 is 0 Å². The van der Waals surface area contributed by atoms with E-state index in [2.05, 4.69) is 6.58 Å². The Kier molecular flexibility index (Phi) is 3.47. The van der Waals surface area contributed by atoms with E-state index in [1.807, 2.05) is 19.1 Å². The molecule has 0 radical (unpaired) electrons. The lowest BCUT2D eigenvalue weighted by Gasteiger charge is -2.20. The highest BCUT2D eigenvalue weighted by Gasteiger charge is 2.20. The summed E-state index contributed by atoms with van der Waals surface area (Å²) < 4.78 is 11.0. The molecule has 0 N–H and O–H groups in total. The number of carbonyl (C=O) groups excluding carboxylic acids is 1. The van der Waals surface area contributed by atoms with E-state index >= 15 is 0 Å². The Morgan fingerprint density at radius 2 is 2.12 bits per heavy atom. The molecule has 1 aromatic rings. The smallest absolute Gasteiger partial charge is 0.172 e. The first-order valence-corrected chi connectivity index (χ1v) is 5.81. The fourth-order valence-corrected chi connectivity index (χ4v) is 1.74. The van der Waals surface area contributed by atoms with Crippen molar-refractivity contribution in [3.8, 4) is 11.5 Å². The Morgan fingerprint density at radius 3 is 2.88 bits per heavy atom. The van der Waals surface area contributed by atoms with Gasteiger partial charge in [0.05, 0.1) is 5.56 Å². The van der Waals surface area contributed by atoms with E-state index in [0.29, 0.717) is 36.7 Å². The normalized spacial score (nSPS) is 13.2. The number of benzene rings is 1. The van der Waals surface area contributed by atoms with Gasteiger partial charge < -0.3 is 9.47 Å². The molecule has 0 amide bonds. The van der Waals surface area contributed by atoms with Crippen molar-refractivity contribution in [2.45, 2.75) is 19.8 Å². The van der Waals surface area contributed by atoms with Crippen molar-refractivity contribution in [1.29, 1.82) is 0 Å². The molecule has 2 rings (SSSR count). The second kappa shape index (κ2) is 5.04. The molecule has 0 unspecified atom stereocenters. The van der Waals surface area contributed by atoms with Gasteiger partial charge in [-0.3, -0.25) is 4.79 Å². The van der Waals surface area contributed by atoms with E-state index in [1.54, 1.807) is 6.07 Å². The summed E-state index contributed by atoms with van der Waals surface area (Å²) in [7, 11) is 0. The van der Waals surface area contributed by atoms with Gasteiger partial charge in [0, 0.05) is 6.42 Å². The molecule has 1 aliphatic rings. The SMILES string of the molecule is C=C(CC)CC(=O)c1cccc2c1OCCO2. The van der Waals surface area contributed by atoms with E-state index in [-0.39, 0.29) is 5.78 Å². The molecule has 0 fully saturated rings. The number of carbonyl (C=O) groups is 1. The van der Waals surface area contributed by atoms with Crippen LogP contribution in [0, 0.1) is 0 Å². The van der Waals surface area contributed by atoms with Crippen molar-refractivity contribution in [3.05, 3.63) is 35.9 Å². The molecule has 0 saturated carbocycles. The summed E-state index contributed by atoms with van der Waals surface area (Å²) in [5, 5.41) is 0. The Balaban J connectivity index is 2.26. The van der Waals surface area contributed by atoms with Gasteiger partial charge in [-0.15, -0.1) is 0 Å². The van der Waals surface area contributed by atoms with Gasteiger partial charge in [-0.1, -0.05) is 25.1 Å². The first-order chi connectivity index (χ1) is 8.22. The molecule has 3 nitrogen and oxygen atoms in total. The molecule has 1 heterocycles. The van der Waals surface area contributed by atoms with Gasteiger partial charge >= 0.3 is 0 Å². The van der Waals surface area contributed by atoms with Crippen LogP contribution in [0.25, 0.3) is 0 Å². The largest absolute Gasteiger partial charge is 0.486 e. The minimum absolute atomic E-state index is 0.0409. The summed E-state index contributed by atoms with van der Waals surface area (Å²) in [5.74, 6) is 1.27. The summed E-state index contributed by atoms with van der Waals surface area (Å²) in [6.07, 6.45) is 1.19. The lowest BCUT2D eigenvalue weighted by molar-refractivity contribution is 0.0981. The number of fused-ring (bicyclic) bond motifs is 1. The zero-order valence-corrected chi connectivity index (χ0v) is 9.99. The molecule has 0 atom stereocenters. The number of allylic oxidation sites excluding steroid dienone is 1. The molecule has 0 saturated heterocycles. The monoisotopic (exact) mass is 232 g/mol. The van der Waals surface area contributed by atoms with E-state index in [9.17, 15) is 4.79 Å². The molecular formula is C14H16O3. The average molecular weight is 232 g/mol. The fourth-order valence-electron chi connectivity index (χ4n) is 1.74. The molecule has 0 aliphatic carbocycles. The number of ether oxygens (including phenoxy) is 2. The third kappa shape index (κ3) is 2.49. The van der Waals surface area contributed by atoms with Gasteiger partial charge in [0.25, 0.3) is 0 Å². The first-order valence-electron chi connectivity index (χ1n) is 5.81. The van der Waals surface area contributed by atoms with Crippen LogP contribution in [0.2, 0.25) is 0 Å².